The number of nitrogens with zero attached hydrogens (tertiary/aromatic N) is 4. The van der Waals surface area contributed by atoms with Gasteiger partial charge in [-0.3, -0.25) is 4.79 Å². The summed E-state index contributed by atoms with van der Waals surface area (Å²) in [6.45, 7) is 6.15. The molecular formula is C13H16BrN5O. The molecule has 3 heterocycles. The molecule has 0 bridgehead atoms. The van der Waals surface area contributed by atoms with Crippen molar-refractivity contribution in [1.82, 2.24) is 24.6 Å². The Hall–Kier alpha value is -1.63. The fourth-order valence-corrected chi connectivity index (χ4v) is 2.79. The Balaban J connectivity index is 1.81. The Morgan fingerprint density at radius 3 is 2.85 bits per heavy atom. The lowest BCUT2D eigenvalue weighted by Gasteiger charge is -2.27. The number of amides is 1. The Labute approximate surface area is 125 Å². The van der Waals surface area contributed by atoms with Gasteiger partial charge in [0.25, 0.3) is 5.91 Å². The van der Waals surface area contributed by atoms with E-state index < -0.39 is 0 Å². The van der Waals surface area contributed by atoms with Crippen LogP contribution in [0.1, 0.15) is 41.9 Å². The predicted molar refractivity (Wildman–Crippen MR) is 77.3 cm³/mol. The molecule has 0 saturated heterocycles. The van der Waals surface area contributed by atoms with Crippen LogP contribution in [0.3, 0.4) is 0 Å². The Morgan fingerprint density at radius 1 is 1.40 bits per heavy atom. The summed E-state index contributed by atoms with van der Waals surface area (Å²) in [6, 6.07) is 1.79. The lowest BCUT2D eigenvalue weighted by Crippen LogP contribution is -2.39. The highest BCUT2D eigenvalue weighted by Gasteiger charge is 2.26. The third-order valence-electron chi connectivity index (χ3n) is 3.46. The molecule has 0 aliphatic carbocycles. The molecule has 0 spiro atoms. The summed E-state index contributed by atoms with van der Waals surface area (Å²) in [5, 5.41) is 8.44. The minimum atomic E-state index is -0.00366. The molecule has 20 heavy (non-hydrogen) atoms. The minimum absolute atomic E-state index is 0.00366. The molecular weight excluding hydrogens is 322 g/mol. The van der Waals surface area contributed by atoms with Gasteiger partial charge in [0.05, 0.1) is 6.54 Å². The normalized spacial score (nSPS) is 14.7. The molecule has 3 rings (SSSR count). The molecule has 106 valence electrons. The summed E-state index contributed by atoms with van der Waals surface area (Å²) >= 11 is 3.34. The molecule has 0 aromatic carbocycles. The molecule has 0 unspecified atom stereocenters. The SMILES string of the molecule is CC(C)c1nnc2n1CCN(C(=O)c1cc(Br)c[nH]1)C2. The summed E-state index contributed by atoms with van der Waals surface area (Å²) in [5.41, 5.74) is 0.592. The number of hydrogen-bond donors (Lipinski definition) is 1. The van der Waals surface area contributed by atoms with Crippen LogP contribution in [0.4, 0.5) is 0 Å². The number of hydrogen-bond acceptors (Lipinski definition) is 3. The van der Waals surface area contributed by atoms with E-state index in [2.05, 4.69) is 49.5 Å². The molecule has 1 aliphatic rings. The molecule has 0 saturated carbocycles. The second-order valence-corrected chi connectivity index (χ2v) is 6.15. The van der Waals surface area contributed by atoms with Crippen LogP contribution in [0, 0.1) is 0 Å². The number of H-pyrrole nitrogens is 1. The summed E-state index contributed by atoms with van der Waals surface area (Å²) in [4.78, 5) is 17.1. The van der Waals surface area contributed by atoms with Gasteiger partial charge in [-0.05, 0) is 22.0 Å². The zero-order valence-corrected chi connectivity index (χ0v) is 13.0. The minimum Gasteiger partial charge on any atom is -0.356 e. The molecule has 2 aromatic heterocycles. The average Bonchev–Trinajstić information content (AvgIpc) is 3.03. The number of fused-ring (bicyclic) bond motifs is 1. The molecule has 1 aliphatic heterocycles. The summed E-state index contributed by atoms with van der Waals surface area (Å²) < 4.78 is 3.00. The van der Waals surface area contributed by atoms with E-state index in [1.54, 1.807) is 17.2 Å². The van der Waals surface area contributed by atoms with E-state index in [1.807, 2.05) is 0 Å². The van der Waals surface area contributed by atoms with Crippen LogP contribution in [0.25, 0.3) is 0 Å². The van der Waals surface area contributed by atoms with Gasteiger partial charge in [0.1, 0.15) is 11.5 Å². The van der Waals surface area contributed by atoms with Crippen LogP contribution in [0.15, 0.2) is 16.7 Å². The molecule has 2 aromatic rings. The van der Waals surface area contributed by atoms with Crippen LogP contribution < -0.4 is 0 Å². The molecule has 7 heteroatoms. The molecule has 1 amide bonds. The largest absolute Gasteiger partial charge is 0.356 e. The number of nitrogens with one attached hydrogen (secondary N) is 1. The van der Waals surface area contributed by atoms with Gasteiger partial charge in [-0.1, -0.05) is 13.8 Å². The second-order valence-electron chi connectivity index (χ2n) is 5.24. The van der Waals surface area contributed by atoms with E-state index in [4.69, 9.17) is 0 Å². The Bertz CT molecular complexity index is 645. The number of aromatic amines is 1. The fourth-order valence-electron chi connectivity index (χ4n) is 2.44. The fraction of sp³-hybridized carbons (Fsp3) is 0.462. The van der Waals surface area contributed by atoms with E-state index in [0.717, 1.165) is 22.7 Å². The van der Waals surface area contributed by atoms with Gasteiger partial charge in [0.15, 0.2) is 5.82 Å². The first-order valence-electron chi connectivity index (χ1n) is 6.61. The van der Waals surface area contributed by atoms with Gasteiger partial charge < -0.3 is 14.5 Å². The first kappa shape index (κ1) is 13.4. The van der Waals surface area contributed by atoms with Gasteiger partial charge in [0, 0.05) is 29.7 Å². The van der Waals surface area contributed by atoms with Crippen molar-refractivity contribution in [2.75, 3.05) is 6.54 Å². The van der Waals surface area contributed by atoms with Crippen molar-refractivity contribution in [1.29, 1.82) is 0 Å². The average molecular weight is 338 g/mol. The van der Waals surface area contributed by atoms with Crippen molar-refractivity contribution < 1.29 is 4.79 Å². The number of halogens is 1. The van der Waals surface area contributed by atoms with Crippen molar-refractivity contribution in [3.63, 3.8) is 0 Å². The number of rotatable bonds is 2. The monoisotopic (exact) mass is 337 g/mol. The molecule has 0 fully saturated rings. The van der Waals surface area contributed by atoms with E-state index in [9.17, 15) is 4.79 Å². The van der Waals surface area contributed by atoms with E-state index >= 15 is 0 Å². The van der Waals surface area contributed by atoms with Gasteiger partial charge in [-0.15, -0.1) is 10.2 Å². The summed E-state index contributed by atoms with van der Waals surface area (Å²) in [5.74, 6) is 2.20. The van der Waals surface area contributed by atoms with Crippen molar-refractivity contribution in [3.05, 3.63) is 34.1 Å². The van der Waals surface area contributed by atoms with E-state index in [-0.39, 0.29) is 5.91 Å². The third kappa shape index (κ3) is 2.26. The van der Waals surface area contributed by atoms with Crippen LogP contribution in [0.5, 0.6) is 0 Å². The Morgan fingerprint density at radius 2 is 2.20 bits per heavy atom. The second kappa shape index (κ2) is 5.05. The topological polar surface area (TPSA) is 66.8 Å². The standard InChI is InChI=1S/C13H16BrN5O/c1-8(2)12-17-16-11-7-18(3-4-19(11)12)13(20)10-5-9(14)6-15-10/h5-6,8,15H,3-4,7H2,1-2H3. The van der Waals surface area contributed by atoms with E-state index in [0.29, 0.717) is 24.7 Å². The van der Waals surface area contributed by atoms with Crippen molar-refractivity contribution in [3.8, 4) is 0 Å². The summed E-state index contributed by atoms with van der Waals surface area (Å²) in [7, 11) is 0. The van der Waals surface area contributed by atoms with Crippen molar-refractivity contribution in [2.24, 2.45) is 0 Å². The number of aromatic nitrogens is 4. The van der Waals surface area contributed by atoms with Gasteiger partial charge in [-0.25, -0.2) is 0 Å². The third-order valence-corrected chi connectivity index (χ3v) is 3.92. The Kier molecular flexibility index (Phi) is 3.37. The summed E-state index contributed by atoms with van der Waals surface area (Å²) in [6.07, 6.45) is 1.76. The predicted octanol–water partition coefficient (Wildman–Crippen LogP) is 2.15. The number of carbonyl (C=O) groups excluding carboxylic acids is 1. The highest BCUT2D eigenvalue weighted by atomic mass is 79.9. The zero-order valence-electron chi connectivity index (χ0n) is 11.4. The molecule has 0 radical (unpaired) electrons. The lowest BCUT2D eigenvalue weighted by molar-refractivity contribution is 0.0701. The zero-order chi connectivity index (χ0) is 14.3. The maximum absolute atomic E-state index is 12.4. The molecule has 0 atom stereocenters. The van der Waals surface area contributed by atoms with Gasteiger partial charge in [0.2, 0.25) is 0 Å². The quantitative estimate of drug-likeness (QED) is 0.912. The lowest BCUT2D eigenvalue weighted by atomic mass is 10.2. The van der Waals surface area contributed by atoms with Crippen LogP contribution in [-0.4, -0.2) is 37.1 Å². The van der Waals surface area contributed by atoms with Crippen LogP contribution in [0.2, 0.25) is 0 Å². The maximum Gasteiger partial charge on any atom is 0.270 e. The molecule has 1 N–H and O–H groups in total. The van der Waals surface area contributed by atoms with Crippen LogP contribution >= 0.6 is 15.9 Å². The maximum atomic E-state index is 12.4. The number of carbonyl (C=O) groups is 1. The highest BCUT2D eigenvalue weighted by Crippen LogP contribution is 2.20. The van der Waals surface area contributed by atoms with E-state index in [1.165, 1.54) is 0 Å². The van der Waals surface area contributed by atoms with Gasteiger partial charge in [-0.2, -0.15) is 0 Å². The first-order chi connectivity index (χ1) is 9.56. The van der Waals surface area contributed by atoms with Crippen LogP contribution in [-0.2, 0) is 13.1 Å². The molecule has 6 nitrogen and oxygen atoms in total. The van der Waals surface area contributed by atoms with Crippen molar-refractivity contribution >= 4 is 21.8 Å². The smallest absolute Gasteiger partial charge is 0.270 e. The van der Waals surface area contributed by atoms with Gasteiger partial charge >= 0.3 is 0 Å². The highest BCUT2D eigenvalue weighted by molar-refractivity contribution is 9.10. The van der Waals surface area contributed by atoms with Crippen molar-refractivity contribution in [2.45, 2.75) is 32.9 Å². The first-order valence-corrected chi connectivity index (χ1v) is 7.40.